The molecule has 2 aromatic rings. The van der Waals surface area contributed by atoms with Crippen LogP contribution in [0.2, 0.25) is 0 Å². The molecule has 26 heavy (non-hydrogen) atoms. The molecule has 2 amide bonds. The fourth-order valence-corrected chi connectivity index (χ4v) is 3.24. The van der Waals surface area contributed by atoms with Gasteiger partial charge in [-0.3, -0.25) is 9.59 Å². The van der Waals surface area contributed by atoms with Gasteiger partial charge in [0.15, 0.2) is 9.84 Å². The lowest BCUT2D eigenvalue weighted by atomic mass is 10.1. The Labute approximate surface area is 151 Å². The van der Waals surface area contributed by atoms with E-state index >= 15 is 0 Å². The summed E-state index contributed by atoms with van der Waals surface area (Å²) in [6, 6.07) is 10.1. The van der Waals surface area contributed by atoms with Crippen molar-refractivity contribution in [3.63, 3.8) is 0 Å². The minimum atomic E-state index is -3.94. The smallest absolute Gasteiger partial charge is 0.239 e. The van der Waals surface area contributed by atoms with E-state index in [1.807, 2.05) is 19.9 Å². The molecule has 2 rings (SSSR count). The zero-order valence-electron chi connectivity index (χ0n) is 14.4. The molecular weight excluding hydrogens is 359 g/mol. The lowest BCUT2D eigenvalue weighted by Gasteiger charge is -2.09. The lowest BCUT2D eigenvalue weighted by molar-refractivity contribution is -0.114. The largest absolute Gasteiger partial charge is 0.325 e. The fourth-order valence-electron chi connectivity index (χ4n) is 2.20. The van der Waals surface area contributed by atoms with E-state index in [0.717, 1.165) is 23.3 Å². The van der Waals surface area contributed by atoms with Crippen molar-refractivity contribution in [2.45, 2.75) is 13.8 Å². The molecule has 0 aliphatic carbocycles. The molecular formula is C18H19FN2O4S. The normalized spacial score (nSPS) is 11.0. The minimum absolute atomic E-state index is 0.270. The van der Waals surface area contributed by atoms with Crippen molar-refractivity contribution < 1.29 is 22.4 Å². The summed E-state index contributed by atoms with van der Waals surface area (Å²) in [4.78, 5) is 23.8. The van der Waals surface area contributed by atoms with Crippen LogP contribution < -0.4 is 10.6 Å². The highest BCUT2D eigenvalue weighted by atomic mass is 32.2. The molecule has 0 unspecified atom stereocenters. The second kappa shape index (κ2) is 8.09. The van der Waals surface area contributed by atoms with E-state index in [4.69, 9.17) is 0 Å². The molecule has 8 heteroatoms. The minimum Gasteiger partial charge on any atom is -0.325 e. The highest BCUT2D eigenvalue weighted by Crippen LogP contribution is 2.14. The van der Waals surface area contributed by atoms with Gasteiger partial charge < -0.3 is 10.6 Å². The van der Waals surface area contributed by atoms with Gasteiger partial charge in [-0.2, -0.15) is 0 Å². The maximum atomic E-state index is 12.8. The van der Waals surface area contributed by atoms with Crippen LogP contribution in [-0.4, -0.2) is 31.7 Å². The van der Waals surface area contributed by atoms with Gasteiger partial charge in [-0.15, -0.1) is 0 Å². The van der Waals surface area contributed by atoms with Crippen LogP contribution in [0.1, 0.15) is 11.1 Å². The summed E-state index contributed by atoms with van der Waals surface area (Å²) in [5.74, 6) is -3.64. The topological polar surface area (TPSA) is 92.3 Å². The highest BCUT2D eigenvalue weighted by Gasteiger charge is 2.21. The maximum Gasteiger partial charge on any atom is 0.239 e. The molecule has 0 bridgehead atoms. The number of carbonyl (C=O) groups excluding carboxylic acids is 2. The molecule has 0 saturated carbocycles. The number of halogens is 1. The number of sulfone groups is 1. The van der Waals surface area contributed by atoms with Gasteiger partial charge in [0.05, 0.1) is 0 Å². The van der Waals surface area contributed by atoms with Crippen molar-refractivity contribution in [2.24, 2.45) is 0 Å². The maximum absolute atomic E-state index is 12.8. The third-order valence-electron chi connectivity index (χ3n) is 3.62. The number of carbonyl (C=O) groups is 2. The summed E-state index contributed by atoms with van der Waals surface area (Å²) >= 11 is 0. The average Bonchev–Trinajstić information content (AvgIpc) is 2.52. The van der Waals surface area contributed by atoms with Gasteiger partial charge in [0.2, 0.25) is 11.8 Å². The SMILES string of the molecule is Cc1ccc(NC(=O)CS(=O)(=O)CC(=O)Nc2ccc(F)cc2)cc1C. The number of rotatable bonds is 6. The number of aryl methyl sites for hydroxylation is 2. The molecule has 6 nitrogen and oxygen atoms in total. The van der Waals surface area contributed by atoms with E-state index < -0.39 is 39.0 Å². The Bertz CT molecular complexity index is 925. The first-order valence-corrected chi connectivity index (χ1v) is 9.60. The molecule has 138 valence electrons. The Hall–Kier alpha value is -2.74. The lowest BCUT2D eigenvalue weighted by Crippen LogP contribution is -2.30. The van der Waals surface area contributed by atoms with Crippen molar-refractivity contribution in [1.82, 2.24) is 0 Å². The van der Waals surface area contributed by atoms with Crippen molar-refractivity contribution in [3.8, 4) is 0 Å². The number of hydrogen-bond donors (Lipinski definition) is 2. The van der Waals surface area contributed by atoms with Crippen molar-refractivity contribution in [1.29, 1.82) is 0 Å². The predicted molar refractivity (Wildman–Crippen MR) is 98.2 cm³/mol. The molecule has 0 spiro atoms. The molecule has 0 aliphatic rings. The van der Waals surface area contributed by atoms with Gasteiger partial charge in [0.25, 0.3) is 0 Å². The number of benzene rings is 2. The van der Waals surface area contributed by atoms with Crippen LogP contribution in [-0.2, 0) is 19.4 Å². The monoisotopic (exact) mass is 378 g/mol. The van der Waals surface area contributed by atoms with Gasteiger partial charge in [0.1, 0.15) is 17.3 Å². The first-order chi connectivity index (χ1) is 12.1. The van der Waals surface area contributed by atoms with E-state index in [1.54, 1.807) is 12.1 Å². The summed E-state index contributed by atoms with van der Waals surface area (Å²) in [5, 5.41) is 4.85. The Morgan fingerprint density at radius 3 is 1.88 bits per heavy atom. The Morgan fingerprint density at radius 1 is 0.846 bits per heavy atom. The number of hydrogen-bond acceptors (Lipinski definition) is 4. The highest BCUT2D eigenvalue weighted by molar-refractivity contribution is 7.92. The summed E-state index contributed by atoms with van der Waals surface area (Å²) in [6.45, 7) is 3.80. The number of amides is 2. The molecule has 2 N–H and O–H groups in total. The summed E-state index contributed by atoms with van der Waals surface area (Å²) < 4.78 is 36.9. The Kier molecular flexibility index (Phi) is 6.10. The van der Waals surface area contributed by atoms with Crippen LogP contribution in [0.3, 0.4) is 0 Å². The van der Waals surface area contributed by atoms with Crippen LogP contribution in [0.25, 0.3) is 0 Å². The van der Waals surface area contributed by atoms with Crippen molar-refractivity contribution >= 4 is 33.0 Å². The van der Waals surface area contributed by atoms with Gasteiger partial charge in [-0.25, -0.2) is 12.8 Å². The number of nitrogens with one attached hydrogen (secondary N) is 2. The Morgan fingerprint density at radius 2 is 1.35 bits per heavy atom. The van der Waals surface area contributed by atoms with Crippen LogP contribution in [0.5, 0.6) is 0 Å². The summed E-state index contributed by atoms with van der Waals surface area (Å²) in [6.07, 6.45) is 0. The molecule has 0 saturated heterocycles. The van der Waals surface area contributed by atoms with E-state index in [0.29, 0.717) is 5.69 Å². The third kappa shape index (κ3) is 5.96. The first-order valence-electron chi connectivity index (χ1n) is 7.77. The predicted octanol–water partition coefficient (Wildman–Crippen LogP) is 2.43. The van der Waals surface area contributed by atoms with E-state index in [9.17, 15) is 22.4 Å². The molecule has 0 aliphatic heterocycles. The van der Waals surface area contributed by atoms with Gasteiger partial charge in [-0.1, -0.05) is 6.07 Å². The second-order valence-electron chi connectivity index (χ2n) is 5.93. The first kappa shape index (κ1) is 19.6. The summed E-state index contributed by atoms with van der Waals surface area (Å²) in [7, 11) is -3.94. The molecule has 0 atom stereocenters. The van der Waals surface area contributed by atoms with Gasteiger partial charge >= 0.3 is 0 Å². The standard InChI is InChI=1S/C18H19FN2O4S/c1-12-3-6-16(9-13(12)2)21-18(23)11-26(24,25)10-17(22)20-15-7-4-14(19)5-8-15/h3-9H,10-11H2,1-2H3,(H,20,22)(H,21,23). The molecule has 2 aromatic carbocycles. The van der Waals surface area contributed by atoms with Crippen LogP contribution in [0.4, 0.5) is 15.8 Å². The van der Waals surface area contributed by atoms with Crippen LogP contribution in [0, 0.1) is 19.7 Å². The van der Waals surface area contributed by atoms with Gasteiger partial charge in [0, 0.05) is 11.4 Å². The van der Waals surface area contributed by atoms with Gasteiger partial charge in [-0.05, 0) is 61.4 Å². The van der Waals surface area contributed by atoms with Crippen molar-refractivity contribution in [3.05, 3.63) is 59.4 Å². The van der Waals surface area contributed by atoms with Crippen LogP contribution >= 0.6 is 0 Å². The fraction of sp³-hybridized carbons (Fsp3) is 0.222. The average molecular weight is 378 g/mol. The zero-order valence-corrected chi connectivity index (χ0v) is 15.2. The number of anilines is 2. The van der Waals surface area contributed by atoms with E-state index in [2.05, 4.69) is 10.6 Å². The van der Waals surface area contributed by atoms with E-state index in [1.165, 1.54) is 12.1 Å². The molecule has 0 radical (unpaired) electrons. The summed E-state index contributed by atoms with van der Waals surface area (Å²) in [5.41, 5.74) is 2.77. The Balaban J connectivity index is 1.92. The molecule has 0 aromatic heterocycles. The van der Waals surface area contributed by atoms with Crippen LogP contribution in [0.15, 0.2) is 42.5 Å². The van der Waals surface area contributed by atoms with Crippen molar-refractivity contribution in [2.75, 3.05) is 22.1 Å². The third-order valence-corrected chi connectivity index (χ3v) is 5.02. The zero-order chi connectivity index (χ0) is 19.3. The van der Waals surface area contributed by atoms with E-state index in [-0.39, 0.29) is 5.69 Å². The second-order valence-corrected chi connectivity index (χ2v) is 8.00. The molecule has 0 heterocycles. The quantitative estimate of drug-likeness (QED) is 0.807. The molecule has 0 fully saturated rings.